The van der Waals surface area contributed by atoms with Crippen molar-refractivity contribution in [2.24, 2.45) is 17.8 Å². The van der Waals surface area contributed by atoms with Gasteiger partial charge in [-0.3, -0.25) is 4.79 Å². The van der Waals surface area contributed by atoms with E-state index in [4.69, 9.17) is 9.47 Å². The molecule has 3 aliphatic carbocycles. The van der Waals surface area contributed by atoms with Crippen LogP contribution in [0.4, 0.5) is 0 Å². The van der Waals surface area contributed by atoms with E-state index in [9.17, 15) is 4.79 Å². The first kappa shape index (κ1) is 13.2. The summed E-state index contributed by atoms with van der Waals surface area (Å²) in [5.74, 6) is 1.07. The molecule has 0 aromatic rings. The molecule has 3 rings (SSSR count). The van der Waals surface area contributed by atoms with Gasteiger partial charge in [-0.2, -0.15) is 0 Å². The standard InChI is InChI=1S/C16H24O3/c1-2-15(18-13-5-3-4-6-13)19-16(17)14-10-11-7-8-12(14)9-11/h7-8,11-15H,2-6,9-10H2,1H3. The lowest BCUT2D eigenvalue weighted by molar-refractivity contribution is -0.194. The Balaban J connectivity index is 1.51. The number of ether oxygens (including phenoxy) is 2. The molecule has 3 heteroatoms. The van der Waals surface area contributed by atoms with E-state index in [2.05, 4.69) is 12.2 Å². The predicted octanol–water partition coefficient (Wildman–Crippen LogP) is 3.44. The maximum Gasteiger partial charge on any atom is 0.311 e. The van der Waals surface area contributed by atoms with Crippen LogP contribution in [0.1, 0.15) is 51.9 Å². The van der Waals surface area contributed by atoms with E-state index in [1.807, 2.05) is 6.92 Å². The van der Waals surface area contributed by atoms with Crippen molar-refractivity contribution in [3.8, 4) is 0 Å². The molecule has 0 N–H and O–H groups in total. The van der Waals surface area contributed by atoms with Crippen molar-refractivity contribution < 1.29 is 14.3 Å². The van der Waals surface area contributed by atoms with Crippen LogP contribution in [0.3, 0.4) is 0 Å². The monoisotopic (exact) mass is 264 g/mol. The van der Waals surface area contributed by atoms with Crippen molar-refractivity contribution in [1.82, 2.24) is 0 Å². The van der Waals surface area contributed by atoms with Gasteiger partial charge in [0.15, 0.2) is 0 Å². The Bertz CT molecular complexity index is 357. The number of hydrogen-bond donors (Lipinski definition) is 0. The lowest BCUT2D eigenvalue weighted by Crippen LogP contribution is -2.30. The molecule has 0 aliphatic heterocycles. The largest absolute Gasteiger partial charge is 0.436 e. The van der Waals surface area contributed by atoms with Gasteiger partial charge in [-0.15, -0.1) is 0 Å². The number of carbonyl (C=O) groups excluding carboxylic acids is 1. The summed E-state index contributed by atoms with van der Waals surface area (Å²) in [5.41, 5.74) is 0. The van der Waals surface area contributed by atoms with Crippen LogP contribution in [-0.2, 0) is 14.3 Å². The minimum absolute atomic E-state index is 0.0401. The highest BCUT2D eigenvalue weighted by Gasteiger charge is 2.41. The Morgan fingerprint density at radius 2 is 2.05 bits per heavy atom. The normalized spacial score (nSPS) is 34.9. The third-order valence-electron chi connectivity index (χ3n) is 4.81. The van der Waals surface area contributed by atoms with E-state index in [0.29, 0.717) is 17.9 Å². The summed E-state index contributed by atoms with van der Waals surface area (Å²) in [7, 11) is 0. The summed E-state index contributed by atoms with van der Waals surface area (Å²) in [5, 5.41) is 0. The Kier molecular flexibility index (Phi) is 3.92. The van der Waals surface area contributed by atoms with Crippen molar-refractivity contribution in [2.75, 3.05) is 0 Å². The second kappa shape index (κ2) is 5.66. The van der Waals surface area contributed by atoms with E-state index < -0.39 is 0 Å². The lowest BCUT2D eigenvalue weighted by atomic mass is 9.94. The van der Waals surface area contributed by atoms with Crippen molar-refractivity contribution >= 4 is 5.97 Å². The molecule has 2 fully saturated rings. The fourth-order valence-corrected chi connectivity index (χ4v) is 3.72. The average molecular weight is 264 g/mol. The maximum absolute atomic E-state index is 12.2. The average Bonchev–Trinajstić information content (AvgIpc) is 3.14. The summed E-state index contributed by atoms with van der Waals surface area (Å²) in [6.07, 6.45) is 12.0. The highest BCUT2D eigenvalue weighted by Crippen LogP contribution is 2.44. The molecule has 4 atom stereocenters. The van der Waals surface area contributed by atoms with Crippen LogP contribution in [0.15, 0.2) is 12.2 Å². The van der Waals surface area contributed by atoms with Crippen molar-refractivity contribution in [3.05, 3.63) is 12.2 Å². The number of hydrogen-bond acceptors (Lipinski definition) is 3. The first-order valence-electron chi connectivity index (χ1n) is 7.80. The van der Waals surface area contributed by atoms with Gasteiger partial charge in [0.25, 0.3) is 0 Å². The molecular weight excluding hydrogens is 240 g/mol. The van der Waals surface area contributed by atoms with Crippen molar-refractivity contribution in [3.63, 3.8) is 0 Å². The Labute approximate surface area is 115 Å². The summed E-state index contributed by atoms with van der Waals surface area (Å²) in [6, 6.07) is 0. The van der Waals surface area contributed by atoms with Gasteiger partial charge in [-0.05, 0) is 37.5 Å². The van der Waals surface area contributed by atoms with Crippen LogP contribution in [0, 0.1) is 17.8 Å². The molecule has 0 aromatic carbocycles. The summed E-state index contributed by atoms with van der Waals surface area (Å²) in [4.78, 5) is 12.2. The highest BCUT2D eigenvalue weighted by atomic mass is 16.7. The Morgan fingerprint density at radius 1 is 1.26 bits per heavy atom. The van der Waals surface area contributed by atoms with E-state index in [-0.39, 0.29) is 18.2 Å². The van der Waals surface area contributed by atoms with Gasteiger partial charge in [0.2, 0.25) is 6.29 Å². The van der Waals surface area contributed by atoms with Gasteiger partial charge in [0.05, 0.1) is 12.0 Å². The molecule has 106 valence electrons. The van der Waals surface area contributed by atoms with Crippen LogP contribution in [0.2, 0.25) is 0 Å². The van der Waals surface area contributed by atoms with Crippen molar-refractivity contribution in [2.45, 2.75) is 64.3 Å². The van der Waals surface area contributed by atoms with E-state index in [1.54, 1.807) is 0 Å². The zero-order valence-electron chi connectivity index (χ0n) is 11.7. The summed E-state index contributed by atoms with van der Waals surface area (Å²) >= 11 is 0. The van der Waals surface area contributed by atoms with Crippen LogP contribution in [0.5, 0.6) is 0 Å². The number of esters is 1. The maximum atomic E-state index is 12.2. The number of rotatable bonds is 5. The zero-order chi connectivity index (χ0) is 13.2. The van der Waals surface area contributed by atoms with E-state index in [0.717, 1.165) is 32.1 Å². The smallest absolute Gasteiger partial charge is 0.311 e. The molecular formula is C16H24O3. The van der Waals surface area contributed by atoms with Gasteiger partial charge in [-0.25, -0.2) is 0 Å². The zero-order valence-corrected chi connectivity index (χ0v) is 11.7. The van der Waals surface area contributed by atoms with Gasteiger partial charge in [0, 0.05) is 6.42 Å². The number of carbonyl (C=O) groups is 1. The lowest BCUT2D eigenvalue weighted by Gasteiger charge is -2.24. The van der Waals surface area contributed by atoms with Crippen LogP contribution in [0.25, 0.3) is 0 Å². The third kappa shape index (κ3) is 2.86. The second-order valence-electron chi connectivity index (χ2n) is 6.20. The number of allylic oxidation sites excluding steroid dienone is 2. The summed E-state index contributed by atoms with van der Waals surface area (Å²) < 4.78 is 11.5. The first-order valence-corrected chi connectivity index (χ1v) is 7.80. The first-order chi connectivity index (χ1) is 9.26. The van der Waals surface area contributed by atoms with Crippen LogP contribution < -0.4 is 0 Å². The molecule has 19 heavy (non-hydrogen) atoms. The van der Waals surface area contributed by atoms with Crippen LogP contribution in [-0.4, -0.2) is 18.4 Å². The topological polar surface area (TPSA) is 35.5 Å². The van der Waals surface area contributed by atoms with Gasteiger partial charge < -0.3 is 9.47 Å². The molecule has 0 spiro atoms. The van der Waals surface area contributed by atoms with Gasteiger partial charge >= 0.3 is 5.97 Å². The Hall–Kier alpha value is -0.830. The van der Waals surface area contributed by atoms with E-state index in [1.165, 1.54) is 12.8 Å². The van der Waals surface area contributed by atoms with Crippen molar-refractivity contribution in [1.29, 1.82) is 0 Å². The summed E-state index contributed by atoms with van der Waals surface area (Å²) in [6.45, 7) is 2.02. The van der Waals surface area contributed by atoms with Crippen LogP contribution >= 0.6 is 0 Å². The highest BCUT2D eigenvalue weighted by molar-refractivity contribution is 5.74. The van der Waals surface area contributed by atoms with Gasteiger partial charge in [0.1, 0.15) is 0 Å². The fraction of sp³-hybridized carbons (Fsp3) is 0.812. The minimum atomic E-state index is -0.335. The number of fused-ring (bicyclic) bond motifs is 2. The predicted molar refractivity (Wildman–Crippen MR) is 72.4 cm³/mol. The molecule has 0 heterocycles. The molecule has 2 bridgehead atoms. The van der Waals surface area contributed by atoms with Gasteiger partial charge in [-0.1, -0.05) is 31.9 Å². The fourth-order valence-electron chi connectivity index (χ4n) is 3.72. The Morgan fingerprint density at radius 3 is 2.63 bits per heavy atom. The van der Waals surface area contributed by atoms with E-state index >= 15 is 0 Å². The molecule has 0 amide bonds. The molecule has 0 aromatic heterocycles. The second-order valence-corrected chi connectivity index (χ2v) is 6.20. The third-order valence-corrected chi connectivity index (χ3v) is 4.81. The molecule has 0 radical (unpaired) electrons. The molecule has 4 unspecified atom stereocenters. The molecule has 3 nitrogen and oxygen atoms in total. The SMILES string of the molecule is CCC(OC(=O)C1CC2C=CC1C2)OC1CCCC1. The quantitative estimate of drug-likeness (QED) is 0.433. The molecule has 2 saturated carbocycles. The molecule has 0 saturated heterocycles. The molecule has 3 aliphatic rings. The minimum Gasteiger partial charge on any atom is -0.436 e.